The molecule has 1 rings (SSSR count). The van der Waals surface area contributed by atoms with Gasteiger partial charge in [-0.2, -0.15) is 0 Å². The third kappa shape index (κ3) is 4.70. The highest BCUT2D eigenvalue weighted by atomic mass is 19.1. The Hall–Kier alpha value is -1.15. The lowest BCUT2D eigenvalue weighted by atomic mass is 10.0. The zero-order chi connectivity index (χ0) is 12.8. The highest BCUT2D eigenvalue weighted by Crippen LogP contribution is 2.17. The highest BCUT2D eigenvalue weighted by molar-refractivity contribution is 5.63. The van der Waals surface area contributed by atoms with Crippen molar-refractivity contribution in [2.45, 2.75) is 40.2 Å². The molecule has 0 fully saturated rings. The lowest BCUT2D eigenvalue weighted by molar-refractivity contribution is 0.595. The molecule has 2 heteroatoms. The van der Waals surface area contributed by atoms with Crippen molar-refractivity contribution in [2.75, 3.05) is 6.54 Å². The maximum atomic E-state index is 13.4. The molecule has 1 nitrogen and oxygen atoms in total. The number of nitrogens with one attached hydrogen (secondary N) is 1. The summed E-state index contributed by atoms with van der Waals surface area (Å²) in [4.78, 5) is 0. The zero-order valence-corrected chi connectivity index (χ0v) is 11.2. The standard InChI is InChI=1S/C15H22FN/c1-11(2)17-9-5-6-12(3)14-8-7-13(4)15(16)10-14/h6-8,10-11,17H,5,9H2,1-4H3/b12-6-. The lowest BCUT2D eigenvalue weighted by Gasteiger charge is -2.07. The third-order valence-electron chi connectivity index (χ3n) is 2.77. The predicted octanol–water partition coefficient (Wildman–Crippen LogP) is 3.93. The van der Waals surface area contributed by atoms with Crippen LogP contribution in [0.2, 0.25) is 0 Å². The van der Waals surface area contributed by atoms with E-state index in [1.54, 1.807) is 13.0 Å². The molecular formula is C15H22FN. The second kappa shape index (κ2) is 6.55. The lowest BCUT2D eigenvalue weighted by Crippen LogP contribution is -2.23. The Bertz CT molecular complexity index is 394. The first-order valence-corrected chi connectivity index (χ1v) is 6.17. The Morgan fingerprint density at radius 3 is 2.71 bits per heavy atom. The van der Waals surface area contributed by atoms with Crippen molar-refractivity contribution >= 4 is 5.57 Å². The average molecular weight is 235 g/mol. The van der Waals surface area contributed by atoms with Crippen LogP contribution in [0.5, 0.6) is 0 Å². The Balaban J connectivity index is 2.59. The third-order valence-corrected chi connectivity index (χ3v) is 2.77. The largest absolute Gasteiger partial charge is 0.314 e. The smallest absolute Gasteiger partial charge is 0.126 e. The SMILES string of the molecule is C/C(=C/CCNC(C)C)c1ccc(C)c(F)c1. The molecule has 17 heavy (non-hydrogen) atoms. The quantitative estimate of drug-likeness (QED) is 0.763. The fourth-order valence-corrected chi connectivity index (χ4v) is 1.62. The van der Waals surface area contributed by atoms with Crippen LogP contribution in [0, 0.1) is 12.7 Å². The number of aryl methyl sites for hydroxylation is 1. The van der Waals surface area contributed by atoms with Crippen LogP contribution in [0.15, 0.2) is 24.3 Å². The van der Waals surface area contributed by atoms with Gasteiger partial charge in [0.15, 0.2) is 0 Å². The normalized spacial score (nSPS) is 12.2. The van der Waals surface area contributed by atoms with E-state index in [1.165, 1.54) is 0 Å². The van der Waals surface area contributed by atoms with Crippen molar-refractivity contribution in [1.29, 1.82) is 0 Å². The number of hydrogen-bond acceptors (Lipinski definition) is 1. The monoisotopic (exact) mass is 235 g/mol. The van der Waals surface area contributed by atoms with Crippen LogP contribution in [0.25, 0.3) is 5.57 Å². The first kappa shape index (κ1) is 13.9. The number of halogens is 1. The predicted molar refractivity (Wildman–Crippen MR) is 72.5 cm³/mol. The molecule has 0 aromatic heterocycles. The summed E-state index contributed by atoms with van der Waals surface area (Å²) in [5, 5.41) is 3.35. The van der Waals surface area contributed by atoms with Crippen LogP contribution in [0.1, 0.15) is 38.3 Å². The molecule has 0 heterocycles. The Kier molecular flexibility index (Phi) is 5.36. The highest BCUT2D eigenvalue weighted by Gasteiger charge is 2.00. The van der Waals surface area contributed by atoms with E-state index in [2.05, 4.69) is 25.2 Å². The summed E-state index contributed by atoms with van der Waals surface area (Å²) in [5.41, 5.74) is 2.80. The van der Waals surface area contributed by atoms with Crippen LogP contribution in [0.3, 0.4) is 0 Å². The van der Waals surface area contributed by atoms with Crippen LogP contribution < -0.4 is 5.32 Å². The summed E-state index contributed by atoms with van der Waals surface area (Å²) < 4.78 is 13.4. The van der Waals surface area contributed by atoms with Crippen molar-refractivity contribution in [3.05, 3.63) is 41.2 Å². The first-order valence-electron chi connectivity index (χ1n) is 6.17. The van der Waals surface area contributed by atoms with Crippen molar-refractivity contribution in [3.8, 4) is 0 Å². The first-order chi connectivity index (χ1) is 8.00. The number of rotatable bonds is 5. The van der Waals surface area contributed by atoms with E-state index in [0.29, 0.717) is 11.6 Å². The molecule has 0 aliphatic rings. The van der Waals surface area contributed by atoms with Gasteiger partial charge in [0, 0.05) is 6.04 Å². The van der Waals surface area contributed by atoms with Crippen LogP contribution in [-0.2, 0) is 0 Å². The number of benzene rings is 1. The molecule has 0 aliphatic heterocycles. The van der Waals surface area contributed by atoms with E-state index in [1.807, 2.05) is 19.1 Å². The summed E-state index contributed by atoms with van der Waals surface area (Å²) in [6, 6.07) is 5.92. The Morgan fingerprint density at radius 2 is 2.12 bits per heavy atom. The van der Waals surface area contributed by atoms with E-state index in [4.69, 9.17) is 0 Å². The fraction of sp³-hybridized carbons (Fsp3) is 0.467. The minimum atomic E-state index is -0.129. The molecular weight excluding hydrogens is 213 g/mol. The van der Waals surface area contributed by atoms with E-state index >= 15 is 0 Å². The van der Waals surface area contributed by atoms with Crippen molar-refractivity contribution in [3.63, 3.8) is 0 Å². The van der Waals surface area contributed by atoms with E-state index in [9.17, 15) is 4.39 Å². The van der Waals surface area contributed by atoms with Crippen LogP contribution in [0.4, 0.5) is 4.39 Å². The molecule has 1 aromatic carbocycles. The second-order valence-electron chi connectivity index (χ2n) is 4.75. The molecule has 0 unspecified atom stereocenters. The van der Waals surface area contributed by atoms with Gasteiger partial charge < -0.3 is 5.32 Å². The van der Waals surface area contributed by atoms with Crippen molar-refractivity contribution in [2.24, 2.45) is 0 Å². The van der Waals surface area contributed by atoms with Gasteiger partial charge in [0.2, 0.25) is 0 Å². The van der Waals surface area contributed by atoms with Gasteiger partial charge in [0.25, 0.3) is 0 Å². The minimum absolute atomic E-state index is 0.129. The average Bonchev–Trinajstić information content (AvgIpc) is 2.27. The van der Waals surface area contributed by atoms with Crippen LogP contribution in [-0.4, -0.2) is 12.6 Å². The van der Waals surface area contributed by atoms with E-state index in [0.717, 1.165) is 24.1 Å². The summed E-state index contributed by atoms with van der Waals surface area (Å²) in [6.07, 6.45) is 3.12. The molecule has 0 saturated heterocycles. The van der Waals surface area contributed by atoms with Gasteiger partial charge in [-0.15, -0.1) is 0 Å². The number of allylic oxidation sites excluding steroid dienone is 1. The molecule has 94 valence electrons. The van der Waals surface area contributed by atoms with E-state index in [-0.39, 0.29) is 5.82 Å². The molecule has 1 N–H and O–H groups in total. The summed E-state index contributed by atoms with van der Waals surface area (Å²) in [7, 11) is 0. The maximum absolute atomic E-state index is 13.4. The van der Waals surface area contributed by atoms with Gasteiger partial charge in [-0.3, -0.25) is 0 Å². The van der Waals surface area contributed by atoms with Gasteiger partial charge in [-0.05, 0) is 49.6 Å². The Labute approximate surface area is 104 Å². The summed E-state index contributed by atoms with van der Waals surface area (Å²) in [6.45, 7) is 9.03. The van der Waals surface area contributed by atoms with Gasteiger partial charge in [-0.1, -0.05) is 32.1 Å². The minimum Gasteiger partial charge on any atom is -0.314 e. The Morgan fingerprint density at radius 1 is 1.41 bits per heavy atom. The topological polar surface area (TPSA) is 12.0 Å². The van der Waals surface area contributed by atoms with Gasteiger partial charge in [0.1, 0.15) is 5.82 Å². The van der Waals surface area contributed by atoms with Crippen LogP contribution >= 0.6 is 0 Å². The summed E-state index contributed by atoms with van der Waals surface area (Å²) in [5.74, 6) is -0.129. The van der Waals surface area contributed by atoms with Gasteiger partial charge >= 0.3 is 0 Å². The molecule has 0 atom stereocenters. The maximum Gasteiger partial charge on any atom is 0.126 e. The molecule has 0 radical (unpaired) electrons. The van der Waals surface area contributed by atoms with Crippen molar-refractivity contribution < 1.29 is 4.39 Å². The molecule has 1 aromatic rings. The summed E-state index contributed by atoms with van der Waals surface area (Å²) >= 11 is 0. The zero-order valence-electron chi connectivity index (χ0n) is 11.2. The number of hydrogen-bond donors (Lipinski definition) is 1. The van der Waals surface area contributed by atoms with E-state index < -0.39 is 0 Å². The molecule has 0 bridgehead atoms. The fourth-order valence-electron chi connectivity index (χ4n) is 1.62. The van der Waals surface area contributed by atoms with Crippen molar-refractivity contribution in [1.82, 2.24) is 5.32 Å². The molecule has 0 amide bonds. The molecule has 0 saturated carbocycles. The van der Waals surface area contributed by atoms with Gasteiger partial charge in [0.05, 0.1) is 0 Å². The molecule has 0 aliphatic carbocycles. The van der Waals surface area contributed by atoms with Gasteiger partial charge in [-0.25, -0.2) is 4.39 Å². The second-order valence-corrected chi connectivity index (χ2v) is 4.75. The molecule has 0 spiro atoms.